The summed E-state index contributed by atoms with van der Waals surface area (Å²) in [6.45, 7) is 4.28. The molecule has 0 saturated heterocycles. The molecule has 0 aliphatic rings. The molecular weight excluding hydrogens is 328 g/mol. The first-order valence-electron chi connectivity index (χ1n) is 8.39. The highest BCUT2D eigenvalue weighted by Crippen LogP contribution is 2.31. The zero-order chi connectivity index (χ0) is 18.3. The predicted molar refractivity (Wildman–Crippen MR) is 102 cm³/mol. The average Bonchev–Trinajstić information content (AvgIpc) is 3.08. The Kier molecular flexibility index (Phi) is 3.80. The topological polar surface area (TPSA) is 90.9 Å². The molecule has 26 heavy (non-hydrogen) atoms. The molecule has 0 unspecified atom stereocenters. The van der Waals surface area contributed by atoms with Gasteiger partial charge in [-0.2, -0.15) is 0 Å². The Hall–Kier alpha value is -3.41. The molecule has 0 amide bonds. The number of fused-ring (bicyclic) bond motifs is 3. The maximum atomic E-state index is 11.4. The molecule has 4 aromatic rings. The highest BCUT2D eigenvalue weighted by molar-refractivity contribution is 6.11. The quantitative estimate of drug-likeness (QED) is 0.499. The Morgan fingerprint density at radius 3 is 2.81 bits per heavy atom. The Labute approximate surface area is 149 Å². The number of nitrogens with one attached hydrogen (secondary N) is 2. The third kappa shape index (κ3) is 2.75. The monoisotopic (exact) mass is 346 g/mol. The minimum Gasteiger partial charge on any atom is -0.477 e. The number of nitrogens with zero attached hydrogens (tertiary/aromatic N) is 2. The van der Waals surface area contributed by atoms with Crippen molar-refractivity contribution in [2.24, 2.45) is 0 Å². The molecule has 0 aliphatic carbocycles. The van der Waals surface area contributed by atoms with Crippen LogP contribution in [0.1, 0.15) is 35.8 Å². The van der Waals surface area contributed by atoms with E-state index in [2.05, 4.69) is 46.2 Å². The van der Waals surface area contributed by atoms with Crippen LogP contribution >= 0.6 is 0 Å². The number of aromatic carboxylic acids is 1. The second-order valence-corrected chi connectivity index (χ2v) is 6.54. The van der Waals surface area contributed by atoms with Crippen molar-refractivity contribution in [2.75, 3.05) is 5.32 Å². The number of anilines is 2. The molecule has 1 aromatic carbocycles. The van der Waals surface area contributed by atoms with Gasteiger partial charge in [-0.1, -0.05) is 26.0 Å². The lowest BCUT2D eigenvalue weighted by molar-refractivity contribution is 0.0691. The summed E-state index contributed by atoms with van der Waals surface area (Å²) < 4.78 is 0. The number of hydrogen-bond donors (Lipinski definition) is 3. The van der Waals surface area contributed by atoms with E-state index in [1.54, 1.807) is 18.5 Å². The first-order valence-corrected chi connectivity index (χ1v) is 8.39. The molecule has 0 aliphatic heterocycles. The van der Waals surface area contributed by atoms with Crippen LogP contribution in [0.25, 0.3) is 21.8 Å². The van der Waals surface area contributed by atoms with Gasteiger partial charge < -0.3 is 15.4 Å². The SMILES string of the molecule is CC(C)c1cccc(Nc2nc3cnccc3c3[nH]c(C(=O)O)cc23)c1. The Bertz CT molecular complexity index is 1130. The van der Waals surface area contributed by atoms with Crippen LogP contribution in [-0.4, -0.2) is 26.0 Å². The Balaban J connectivity index is 1.90. The number of carboxylic acid groups (broad SMARTS) is 1. The van der Waals surface area contributed by atoms with Crippen molar-refractivity contribution in [3.05, 3.63) is 60.0 Å². The van der Waals surface area contributed by atoms with Gasteiger partial charge in [-0.05, 0) is 35.7 Å². The van der Waals surface area contributed by atoms with E-state index in [4.69, 9.17) is 0 Å². The lowest BCUT2D eigenvalue weighted by Crippen LogP contribution is -1.97. The standard InChI is InChI=1S/C20H18N4O2/c1-11(2)12-4-3-5-13(8-12)22-19-15-9-16(20(25)26)23-18(15)14-6-7-21-10-17(14)24-19/h3-11,23H,1-2H3,(H,22,24)(H,25,26). The average molecular weight is 346 g/mol. The van der Waals surface area contributed by atoms with Gasteiger partial charge in [-0.3, -0.25) is 4.98 Å². The maximum Gasteiger partial charge on any atom is 0.352 e. The molecular formula is C20H18N4O2. The fourth-order valence-corrected chi connectivity index (χ4v) is 3.04. The highest BCUT2D eigenvalue weighted by Gasteiger charge is 2.15. The molecule has 0 bridgehead atoms. The number of hydrogen-bond acceptors (Lipinski definition) is 4. The molecule has 130 valence electrons. The summed E-state index contributed by atoms with van der Waals surface area (Å²) >= 11 is 0. The first kappa shape index (κ1) is 16.1. The van der Waals surface area contributed by atoms with Crippen LogP contribution in [0.4, 0.5) is 11.5 Å². The van der Waals surface area contributed by atoms with Gasteiger partial charge in [0.1, 0.15) is 11.5 Å². The number of carboxylic acids is 1. The normalized spacial score (nSPS) is 11.3. The van der Waals surface area contributed by atoms with Gasteiger partial charge in [0.05, 0.1) is 17.2 Å². The van der Waals surface area contributed by atoms with Crippen LogP contribution < -0.4 is 5.32 Å². The summed E-state index contributed by atoms with van der Waals surface area (Å²) in [5.41, 5.74) is 3.68. The highest BCUT2D eigenvalue weighted by atomic mass is 16.4. The second-order valence-electron chi connectivity index (χ2n) is 6.54. The third-order valence-electron chi connectivity index (χ3n) is 4.42. The smallest absolute Gasteiger partial charge is 0.352 e. The fourth-order valence-electron chi connectivity index (χ4n) is 3.04. The van der Waals surface area contributed by atoms with Crippen molar-refractivity contribution in [2.45, 2.75) is 19.8 Å². The lowest BCUT2D eigenvalue weighted by Gasteiger charge is -2.11. The van der Waals surface area contributed by atoms with Crippen molar-refractivity contribution in [3.8, 4) is 0 Å². The van der Waals surface area contributed by atoms with E-state index < -0.39 is 5.97 Å². The van der Waals surface area contributed by atoms with Crippen LogP contribution in [-0.2, 0) is 0 Å². The first-order chi connectivity index (χ1) is 12.5. The molecule has 6 heteroatoms. The van der Waals surface area contributed by atoms with Crippen molar-refractivity contribution >= 4 is 39.3 Å². The summed E-state index contributed by atoms with van der Waals surface area (Å²) in [4.78, 5) is 23.2. The van der Waals surface area contributed by atoms with Crippen molar-refractivity contribution in [3.63, 3.8) is 0 Å². The molecule has 6 nitrogen and oxygen atoms in total. The molecule has 0 atom stereocenters. The maximum absolute atomic E-state index is 11.4. The number of aromatic nitrogens is 3. The number of carbonyl (C=O) groups is 1. The molecule has 0 spiro atoms. The second kappa shape index (κ2) is 6.15. The summed E-state index contributed by atoms with van der Waals surface area (Å²) in [6.07, 6.45) is 3.34. The summed E-state index contributed by atoms with van der Waals surface area (Å²) in [6, 6.07) is 11.6. The van der Waals surface area contributed by atoms with E-state index in [9.17, 15) is 9.90 Å². The minimum atomic E-state index is -1.00. The summed E-state index contributed by atoms with van der Waals surface area (Å²) in [5.74, 6) is 0.0118. The molecule has 0 fully saturated rings. The van der Waals surface area contributed by atoms with Gasteiger partial charge in [0.15, 0.2) is 0 Å². The van der Waals surface area contributed by atoms with Crippen molar-refractivity contribution < 1.29 is 9.90 Å². The van der Waals surface area contributed by atoms with E-state index in [-0.39, 0.29) is 5.69 Å². The molecule has 0 saturated carbocycles. The van der Waals surface area contributed by atoms with Crippen LogP contribution in [0, 0.1) is 0 Å². The number of rotatable bonds is 4. The largest absolute Gasteiger partial charge is 0.477 e. The molecule has 3 heterocycles. The van der Waals surface area contributed by atoms with Gasteiger partial charge in [0.25, 0.3) is 0 Å². The fraction of sp³-hybridized carbons (Fsp3) is 0.150. The van der Waals surface area contributed by atoms with Gasteiger partial charge in [-0.25, -0.2) is 9.78 Å². The van der Waals surface area contributed by atoms with Crippen LogP contribution in [0.5, 0.6) is 0 Å². The van der Waals surface area contributed by atoms with Gasteiger partial charge >= 0.3 is 5.97 Å². The Morgan fingerprint density at radius 2 is 2.04 bits per heavy atom. The van der Waals surface area contributed by atoms with Crippen molar-refractivity contribution in [1.82, 2.24) is 15.0 Å². The molecule has 3 aromatic heterocycles. The van der Waals surface area contributed by atoms with E-state index in [1.807, 2.05) is 18.2 Å². The van der Waals surface area contributed by atoms with Crippen LogP contribution in [0.3, 0.4) is 0 Å². The van der Waals surface area contributed by atoms with Gasteiger partial charge in [0, 0.05) is 22.7 Å². The van der Waals surface area contributed by atoms with Gasteiger partial charge in [0.2, 0.25) is 0 Å². The number of H-pyrrole nitrogens is 1. The zero-order valence-corrected chi connectivity index (χ0v) is 14.4. The van der Waals surface area contributed by atoms with Crippen LogP contribution in [0.15, 0.2) is 48.8 Å². The number of aromatic amines is 1. The molecule has 4 rings (SSSR count). The number of benzene rings is 1. The number of pyridine rings is 2. The zero-order valence-electron chi connectivity index (χ0n) is 14.4. The molecule has 3 N–H and O–H groups in total. The minimum absolute atomic E-state index is 0.130. The predicted octanol–water partition coefficient (Wildman–Crippen LogP) is 4.68. The van der Waals surface area contributed by atoms with Crippen LogP contribution in [0.2, 0.25) is 0 Å². The summed E-state index contributed by atoms with van der Waals surface area (Å²) in [7, 11) is 0. The summed E-state index contributed by atoms with van der Waals surface area (Å²) in [5, 5.41) is 14.3. The lowest BCUT2D eigenvalue weighted by atomic mass is 10.0. The van der Waals surface area contributed by atoms with E-state index in [1.165, 1.54) is 5.56 Å². The van der Waals surface area contributed by atoms with E-state index in [0.717, 1.165) is 22.0 Å². The van der Waals surface area contributed by atoms with Gasteiger partial charge in [-0.15, -0.1) is 0 Å². The third-order valence-corrected chi connectivity index (χ3v) is 4.42. The molecule has 0 radical (unpaired) electrons. The Morgan fingerprint density at radius 1 is 1.19 bits per heavy atom. The van der Waals surface area contributed by atoms with E-state index in [0.29, 0.717) is 17.3 Å². The van der Waals surface area contributed by atoms with E-state index >= 15 is 0 Å². The van der Waals surface area contributed by atoms with Crippen molar-refractivity contribution in [1.29, 1.82) is 0 Å².